The number of carbonyl (C=O) groups is 1. The van der Waals surface area contributed by atoms with Crippen molar-refractivity contribution in [1.29, 1.82) is 0 Å². The Morgan fingerprint density at radius 1 is 1.17 bits per heavy atom. The van der Waals surface area contributed by atoms with Gasteiger partial charge >= 0.3 is 5.97 Å². The molecule has 4 N–H and O–H groups in total. The van der Waals surface area contributed by atoms with Crippen LogP contribution in [0.3, 0.4) is 0 Å². The summed E-state index contributed by atoms with van der Waals surface area (Å²) in [6.07, 6.45) is 2.48. The first kappa shape index (κ1) is 16.3. The summed E-state index contributed by atoms with van der Waals surface area (Å²) in [5, 5.41) is 10.5. The molecule has 3 rings (SSSR count). The van der Waals surface area contributed by atoms with Gasteiger partial charge in [-0.1, -0.05) is 47.5 Å². The number of fused-ring (bicyclic) bond motifs is 1. The second-order valence-corrected chi connectivity index (χ2v) is 6.46. The Hall–Kier alpha value is -2.59. The molecule has 4 heteroatoms. The molecule has 3 aromatic rings. The number of hydrogen-bond donors (Lipinski definition) is 3. The number of aryl methyl sites for hydroxylation is 2. The first-order valence-electron chi connectivity index (χ1n) is 8.07. The highest BCUT2D eigenvalue weighted by Gasteiger charge is 2.28. The molecule has 0 radical (unpaired) electrons. The average Bonchev–Trinajstić information content (AvgIpc) is 2.95. The van der Waals surface area contributed by atoms with Crippen molar-refractivity contribution in [3.05, 3.63) is 70.9 Å². The van der Waals surface area contributed by atoms with E-state index in [1.54, 1.807) is 0 Å². The van der Waals surface area contributed by atoms with Crippen LogP contribution in [0.25, 0.3) is 10.9 Å². The predicted octanol–water partition coefficient (Wildman–Crippen LogP) is 3.52. The highest BCUT2D eigenvalue weighted by Crippen LogP contribution is 2.31. The van der Waals surface area contributed by atoms with Crippen LogP contribution in [-0.2, 0) is 11.2 Å². The number of carboxylic acid groups (broad SMARTS) is 1. The van der Waals surface area contributed by atoms with Crippen LogP contribution >= 0.6 is 0 Å². The van der Waals surface area contributed by atoms with Crippen LogP contribution in [-0.4, -0.2) is 22.1 Å². The van der Waals surface area contributed by atoms with Gasteiger partial charge in [0.1, 0.15) is 6.04 Å². The first-order chi connectivity index (χ1) is 11.5. The molecular formula is C20H22N2O2. The van der Waals surface area contributed by atoms with Gasteiger partial charge in [0.05, 0.1) is 0 Å². The summed E-state index contributed by atoms with van der Waals surface area (Å²) in [6.45, 7) is 4.10. The molecule has 0 amide bonds. The minimum Gasteiger partial charge on any atom is -0.480 e. The van der Waals surface area contributed by atoms with E-state index >= 15 is 0 Å². The second-order valence-electron chi connectivity index (χ2n) is 6.46. The second kappa shape index (κ2) is 6.49. The summed E-state index contributed by atoms with van der Waals surface area (Å²) in [4.78, 5) is 14.8. The van der Waals surface area contributed by atoms with Crippen LogP contribution in [0.4, 0.5) is 0 Å². The van der Waals surface area contributed by atoms with Crippen LogP contribution in [0, 0.1) is 13.8 Å². The predicted molar refractivity (Wildman–Crippen MR) is 96.3 cm³/mol. The fourth-order valence-corrected chi connectivity index (χ4v) is 3.44. The summed E-state index contributed by atoms with van der Waals surface area (Å²) >= 11 is 0. The van der Waals surface area contributed by atoms with Crippen LogP contribution in [0.1, 0.15) is 28.2 Å². The number of aliphatic carboxylic acids is 1. The van der Waals surface area contributed by atoms with Gasteiger partial charge in [0.2, 0.25) is 0 Å². The molecule has 2 unspecified atom stereocenters. The number of para-hydroxylation sites is 1. The molecule has 0 aliphatic carbocycles. The summed E-state index contributed by atoms with van der Waals surface area (Å²) < 4.78 is 0. The number of aromatic amines is 1. The fourth-order valence-electron chi connectivity index (χ4n) is 3.44. The molecule has 1 heterocycles. The molecule has 0 spiro atoms. The van der Waals surface area contributed by atoms with Crippen molar-refractivity contribution in [3.8, 4) is 0 Å². The zero-order valence-corrected chi connectivity index (χ0v) is 13.9. The third-order valence-corrected chi connectivity index (χ3v) is 4.48. The van der Waals surface area contributed by atoms with Gasteiger partial charge in [-0.2, -0.15) is 0 Å². The third-order valence-electron chi connectivity index (χ3n) is 4.48. The quantitative estimate of drug-likeness (QED) is 0.672. The molecular weight excluding hydrogens is 300 g/mol. The van der Waals surface area contributed by atoms with Crippen LogP contribution in [0.2, 0.25) is 0 Å². The number of rotatable bonds is 5. The number of carboxylic acids is 1. The minimum atomic E-state index is -0.977. The van der Waals surface area contributed by atoms with Crippen LogP contribution in [0.15, 0.2) is 48.7 Å². The van der Waals surface area contributed by atoms with Gasteiger partial charge in [0.25, 0.3) is 0 Å². The molecule has 2 aromatic carbocycles. The van der Waals surface area contributed by atoms with Gasteiger partial charge in [-0.15, -0.1) is 0 Å². The first-order valence-corrected chi connectivity index (χ1v) is 8.07. The molecule has 0 aliphatic rings. The Morgan fingerprint density at radius 2 is 1.83 bits per heavy atom. The van der Waals surface area contributed by atoms with E-state index in [4.69, 9.17) is 5.73 Å². The van der Waals surface area contributed by atoms with Gasteiger partial charge in [0, 0.05) is 23.0 Å². The number of nitrogens with two attached hydrogens (primary N) is 1. The molecule has 124 valence electrons. The van der Waals surface area contributed by atoms with Crippen LogP contribution in [0.5, 0.6) is 0 Å². The molecule has 0 aliphatic heterocycles. The van der Waals surface area contributed by atoms with E-state index in [2.05, 4.69) is 23.2 Å². The van der Waals surface area contributed by atoms with Gasteiger partial charge in [-0.25, -0.2) is 0 Å². The van der Waals surface area contributed by atoms with E-state index in [1.807, 2.05) is 44.3 Å². The molecule has 0 bridgehead atoms. The largest absolute Gasteiger partial charge is 0.480 e. The Kier molecular flexibility index (Phi) is 4.40. The van der Waals surface area contributed by atoms with Crippen molar-refractivity contribution in [2.45, 2.75) is 32.2 Å². The topological polar surface area (TPSA) is 79.1 Å². The maximum absolute atomic E-state index is 11.6. The number of benzene rings is 2. The normalized spacial score (nSPS) is 13.8. The number of nitrogens with one attached hydrogen (secondary N) is 1. The molecule has 0 saturated carbocycles. The lowest BCUT2D eigenvalue weighted by Gasteiger charge is -2.21. The summed E-state index contributed by atoms with van der Waals surface area (Å²) in [7, 11) is 0. The van der Waals surface area contributed by atoms with Crippen molar-refractivity contribution in [1.82, 2.24) is 4.98 Å². The Labute approximate surface area is 141 Å². The third kappa shape index (κ3) is 3.19. The molecule has 0 fully saturated rings. The summed E-state index contributed by atoms with van der Waals surface area (Å²) in [5.41, 5.74) is 11.5. The minimum absolute atomic E-state index is 0.292. The lowest BCUT2D eigenvalue weighted by Crippen LogP contribution is -2.37. The molecule has 0 saturated heterocycles. The molecule has 1 aromatic heterocycles. The van der Waals surface area contributed by atoms with E-state index in [-0.39, 0.29) is 5.92 Å². The SMILES string of the molecule is Cc1cc(C)cc(CC(c2c[nH]c3ccccc23)C(N)C(=O)O)c1. The lowest BCUT2D eigenvalue weighted by atomic mass is 9.85. The Morgan fingerprint density at radius 3 is 2.50 bits per heavy atom. The number of aromatic nitrogens is 1. The standard InChI is InChI=1S/C20H22N2O2/c1-12-7-13(2)9-14(8-12)10-16(19(21)20(23)24)17-11-22-18-6-4-3-5-15(17)18/h3-9,11,16,19,22H,10,21H2,1-2H3,(H,23,24). The van der Waals surface area contributed by atoms with E-state index in [9.17, 15) is 9.90 Å². The fraction of sp³-hybridized carbons (Fsp3) is 0.250. The highest BCUT2D eigenvalue weighted by atomic mass is 16.4. The Bertz CT molecular complexity index is 862. The van der Waals surface area contributed by atoms with Crippen molar-refractivity contribution in [2.24, 2.45) is 5.73 Å². The van der Waals surface area contributed by atoms with Crippen molar-refractivity contribution in [2.75, 3.05) is 0 Å². The van der Waals surface area contributed by atoms with Crippen molar-refractivity contribution in [3.63, 3.8) is 0 Å². The average molecular weight is 322 g/mol. The summed E-state index contributed by atoms with van der Waals surface area (Å²) in [6, 6.07) is 13.3. The van der Waals surface area contributed by atoms with E-state index in [0.29, 0.717) is 6.42 Å². The molecule has 24 heavy (non-hydrogen) atoms. The number of hydrogen-bond acceptors (Lipinski definition) is 2. The Balaban J connectivity index is 2.05. The number of H-pyrrole nitrogens is 1. The van der Waals surface area contributed by atoms with Crippen molar-refractivity contribution < 1.29 is 9.90 Å². The molecule has 2 atom stereocenters. The van der Waals surface area contributed by atoms with E-state index < -0.39 is 12.0 Å². The molecule has 4 nitrogen and oxygen atoms in total. The van der Waals surface area contributed by atoms with E-state index in [0.717, 1.165) is 22.0 Å². The van der Waals surface area contributed by atoms with Gasteiger partial charge < -0.3 is 15.8 Å². The maximum Gasteiger partial charge on any atom is 0.321 e. The maximum atomic E-state index is 11.6. The van der Waals surface area contributed by atoms with Gasteiger partial charge in [-0.3, -0.25) is 4.79 Å². The smallest absolute Gasteiger partial charge is 0.321 e. The highest BCUT2D eigenvalue weighted by molar-refractivity contribution is 5.85. The van der Waals surface area contributed by atoms with Gasteiger partial charge in [0.15, 0.2) is 0 Å². The zero-order chi connectivity index (χ0) is 17.3. The lowest BCUT2D eigenvalue weighted by molar-refractivity contribution is -0.139. The van der Waals surface area contributed by atoms with Crippen molar-refractivity contribution >= 4 is 16.9 Å². The monoisotopic (exact) mass is 322 g/mol. The zero-order valence-electron chi connectivity index (χ0n) is 13.9. The summed E-state index contributed by atoms with van der Waals surface area (Å²) in [5.74, 6) is -1.27. The van der Waals surface area contributed by atoms with Crippen LogP contribution < -0.4 is 5.73 Å². The van der Waals surface area contributed by atoms with Gasteiger partial charge in [-0.05, 0) is 37.5 Å². The van der Waals surface area contributed by atoms with E-state index in [1.165, 1.54) is 11.1 Å².